The summed E-state index contributed by atoms with van der Waals surface area (Å²) in [6.07, 6.45) is 0. The standard InChI is InChI=1S/C18H19ClN2O5S/c1-12-5-3-7-15(9-12)20-17(22)11-26-18(23)13(2)21-27(24,25)16-8-4-6-14(19)10-16/h3-10,13,21H,11H2,1-2H3,(H,20,22)/t13-/m0/s1. The van der Waals surface area contributed by atoms with Gasteiger partial charge in [-0.2, -0.15) is 4.72 Å². The minimum Gasteiger partial charge on any atom is -0.454 e. The Morgan fingerprint density at radius 1 is 1.15 bits per heavy atom. The Bertz CT molecular complexity index is 946. The molecule has 7 nitrogen and oxygen atoms in total. The van der Waals surface area contributed by atoms with E-state index >= 15 is 0 Å². The van der Waals surface area contributed by atoms with Crippen molar-refractivity contribution >= 4 is 39.2 Å². The Morgan fingerprint density at radius 3 is 2.52 bits per heavy atom. The van der Waals surface area contributed by atoms with Crippen LogP contribution in [0.3, 0.4) is 0 Å². The van der Waals surface area contributed by atoms with E-state index in [9.17, 15) is 18.0 Å². The number of amides is 1. The fourth-order valence-corrected chi connectivity index (χ4v) is 3.66. The van der Waals surface area contributed by atoms with Gasteiger partial charge in [-0.05, 0) is 49.7 Å². The van der Waals surface area contributed by atoms with Gasteiger partial charge in [-0.15, -0.1) is 0 Å². The second-order valence-electron chi connectivity index (χ2n) is 5.83. The van der Waals surface area contributed by atoms with Gasteiger partial charge in [0.25, 0.3) is 5.91 Å². The van der Waals surface area contributed by atoms with Crippen LogP contribution in [-0.4, -0.2) is 32.9 Å². The quantitative estimate of drug-likeness (QED) is 0.683. The van der Waals surface area contributed by atoms with Gasteiger partial charge < -0.3 is 10.1 Å². The normalized spacial score (nSPS) is 12.3. The maximum Gasteiger partial charge on any atom is 0.324 e. The molecule has 0 heterocycles. The molecule has 1 atom stereocenters. The van der Waals surface area contributed by atoms with Gasteiger partial charge in [-0.25, -0.2) is 8.42 Å². The van der Waals surface area contributed by atoms with Crippen LogP contribution < -0.4 is 10.0 Å². The number of carbonyl (C=O) groups is 2. The average Bonchev–Trinajstić information content (AvgIpc) is 2.59. The van der Waals surface area contributed by atoms with E-state index in [1.165, 1.54) is 31.2 Å². The highest BCUT2D eigenvalue weighted by Crippen LogP contribution is 2.15. The van der Waals surface area contributed by atoms with Gasteiger partial charge in [0.2, 0.25) is 10.0 Å². The molecule has 144 valence electrons. The largest absolute Gasteiger partial charge is 0.454 e. The first-order valence-corrected chi connectivity index (χ1v) is 9.84. The summed E-state index contributed by atoms with van der Waals surface area (Å²) in [6, 6.07) is 11.6. The molecule has 0 aromatic heterocycles. The Kier molecular flexibility index (Phi) is 6.95. The zero-order valence-corrected chi connectivity index (χ0v) is 16.3. The van der Waals surface area contributed by atoms with E-state index in [0.29, 0.717) is 5.69 Å². The summed E-state index contributed by atoms with van der Waals surface area (Å²) in [4.78, 5) is 23.8. The summed E-state index contributed by atoms with van der Waals surface area (Å²) in [5, 5.41) is 2.84. The zero-order chi connectivity index (χ0) is 20.0. The van der Waals surface area contributed by atoms with E-state index in [2.05, 4.69) is 10.0 Å². The minimum atomic E-state index is -3.95. The fraction of sp³-hybridized carbons (Fsp3) is 0.222. The lowest BCUT2D eigenvalue weighted by atomic mass is 10.2. The van der Waals surface area contributed by atoms with E-state index < -0.39 is 34.5 Å². The number of ether oxygens (including phenoxy) is 1. The number of halogens is 1. The van der Waals surface area contributed by atoms with Gasteiger partial charge in [-0.1, -0.05) is 29.8 Å². The highest BCUT2D eigenvalue weighted by atomic mass is 35.5. The van der Waals surface area contributed by atoms with Crippen LogP contribution in [0.25, 0.3) is 0 Å². The average molecular weight is 411 g/mol. The second kappa shape index (κ2) is 8.98. The summed E-state index contributed by atoms with van der Waals surface area (Å²) < 4.78 is 31.6. The van der Waals surface area contributed by atoms with Crippen LogP contribution in [0.4, 0.5) is 5.69 Å². The van der Waals surface area contributed by atoms with Gasteiger partial charge >= 0.3 is 5.97 Å². The van der Waals surface area contributed by atoms with Gasteiger partial charge in [0.05, 0.1) is 4.90 Å². The third-order valence-electron chi connectivity index (χ3n) is 3.44. The van der Waals surface area contributed by atoms with Crippen LogP contribution in [0.15, 0.2) is 53.4 Å². The SMILES string of the molecule is Cc1cccc(NC(=O)COC(=O)[C@H](C)NS(=O)(=O)c2cccc(Cl)c2)c1. The lowest BCUT2D eigenvalue weighted by molar-refractivity contribution is -0.148. The molecule has 0 aliphatic rings. The Morgan fingerprint density at radius 2 is 1.85 bits per heavy atom. The molecule has 9 heteroatoms. The van der Waals surface area contributed by atoms with Crippen molar-refractivity contribution in [2.45, 2.75) is 24.8 Å². The van der Waals surface area contributed by atoms with Crippen molar-refractivity contribution < 1.29 is 22.7 Å². The molecule has 0 aliphatic heterocycles. The molecule has 2 rings (SSSR count). The molecule has 2 aromatic rings. The van der Waals surface area contributed by atoms with Crippen molar-refractivity contribution in [3.63, 3.8) is 0 Å². The molecule has 0 fully saturated rings. The number of esters is 1. The number of carbonyl (C=O) groups excluding carboxylic acids is 2. The first-order valence-electron chi connectivity index (χ1n) is 7.98. The molecule has 0 radical (unpaired) electrons. The number of benzene rings is 2. The van der Waals surface area contributed by atoms with Crippen LogP contribution >= 0.6 is 11.6 Å². The van der Waals surface area contributed by atoms with Crippen molar-refractivity contribution in [3.05, 3.63) is 59.1 Å². The van der Waals surface area contributed by atoms with Crippen molar-refractivity contribution in [1.29, 1.82) is 0 Å². The number of aryl methyl sites for hydroxylation is 1. The van der Waals surface area contributed by atoms with Crippen molar-refractivity contribution in [3.8, 4) is 0 Å². The topological polar surface area (TPSA) is 102 Å². The first kappa shape index (κ1) is 20.9. The summed E-state index contributed by atoms with van der Waals surface area (Å²) in [5.41, 5.74) is 1.54. The minimum absolute atomic E-state index is 0.0770. The summed E-state index contributed by atoms with van der Waals surface area (Å²) in [7, 11) is -3.95. The highest BCUT2D eigenvalue weighted by molar-refractivity contribution is 7.89. The van der Waals surface area contributed by atoms with Crippen molar-refractivity contribution in [2.75, 3.05) is 11.9 Å². The van der Waals surface area contributed by atoms with Crippen LogP contribution in [0.2, 0.25) is 5.02 Å². The number of hydrogen-bond donors (Lipinski definition) is 2. The summed E-state index contributed by atoms with van der Waals surface area (Å²) in [6.45, 7) is 2.67. The van der Waals surface area contributed by atoms with E-state index in [-0.39, 0.29) is 9.92 Å². The van der Waals surface area contributed by atoms with E-state index in [0.717, 1.165) is 5.56 Å². The number of rotatable bonds is 7. The fourth-order valence-electron chi connectivity index (χ4n) is 2.16. The molecule has 1 amide bonds. The summed E-state index contributed by atoms with van der Waals surface area (Å²) in [5.74, 6) is -1.40. The van der Waals surface area contributed by atoms with Crippen LogP contribution in [-0.2, 0) is 24.3 Å². The van der Waals surface area contributed by atoms with Crippen LogP contribution in [0.5, 0.6) is 0 Å². The molecule has 0 spiro atoms. The lowest BCUT2D eigenvalue weighted by Crippen LogP contribution is -2.40. The molecular formula is C18H19ClN2O5S. The number of anilines is 1. The van der Waals surface area contributed by atoms with E-state index in [1.54, 1.807) is 18.2 Å². The lowest BCUT2D eigenvalue weighted by Gasteiger charge is -2.14. The van der Waals surface area contributed by atoms with Crippen molar-refractivity contribution in [1.82, 2.24) is 4.72 Å². The maximum absolute atomic E-state index is 12.3. The summed E-state index contributed by atoms with van der Waals surface area (Å²) >= 11 is 5.78. The molecule has 27 heavy (non-hydrogen) atoms. The molecule has 0 aliphatic carbocycles. The van der Waals surface area contributed by atoms with Crippen LogP contribution in [0, 0.1) is 6.92 Å². The molecule has 0 unspecified atom stereocenters. The molecule has 0 saturated carbocycles. The number of sulfonamides is 1. The Labute approximate surface area is 162 Å². The van der Waals surface area contributed by atoms with Gasteiger partial charge in [-0.3, -0.25) is 9.59 Å². The maximum atomic E-state index is 12.3. The second-order valence-corrected chi connectivity index (χ2v) is 7.98. The Hall–Kier alpha value is -2.42. The third kappa shape index (κ3) is 6.35. The van der Waals surface area contributed by atoms with E-state index in [4.69, 9.17) is 16.3 Å². The van der Waals surface area contributed by atoms with E-state index in [1.807, 2.05) is 13.0 Å². The number of nitrogens with one attached hydrogen (secondary N) is 2. The van der Waals surface area contributed by atoms with Crippen molar-refractivity contribution in [2.24, 2.45) is 0 Å². The smallest absolute Gasteiger partial charge is 0.324 e. The van der Waals surface area contributed by atoms with Gasteiger partial charge in [0.15, 0.2) is 6.61 Å². The third-order valence-corrected chi connectivity index (χ3v) is 5.21. The molecule has 2 aromatic carbocycles. The van der Waals surface area contributed by atoms with Gasteiger partial charge in [0, 0.05) is 10.7 Å². The van der Waals surface area contributed by atoms with Crippen LogP contribution in [0.1, 0.15) is 12.5 Å². The molecular weight excluding hydrogens is 392 g/mol. The highest BCUT2D eigenvalue weighted by Gasteiger charge is 2.23. The molecule has 0 saturated heterocycles. The Balaban J connectivity index is 1.89. The zero-order valence-electron chi connectivity index (χ0n) is 14.7. The monoisotopic (exact) mass is 410 g/mol. The van der Waals surface area contributed by atoms with Gasteiger partial charge in [0.1, 0.15) is 6.04 Å². The number of hydrogen-bond acceptors (Lipinski definition) is 5. The molecule has 2 N–H and O–H groups in total. The predicted molar refractivity (Wildman–Crippen MR) is 102 cm³/mol. The first-order chi connectivity index (χ1) is 12.7. The predicted octanol–water partition coefficient (Wildman–Crippen LogP) is 2.50. The molecule has 0 bridgehead atoms.